The van der Waals surface area contributed by atoms with E-state index in [1.54, 1.807) is 0 Å². The number of nitrogens with zero attached hydrogens (tertiary/aromatic N) is 5. The summed E-state index contributed by atoms with van der Waals surface area (Å²) in [5.74, 6) is -0.233. The first-order valence-corrected chi connectivity index (χ1v) is 7.49. The van der Waals surface area contributed by atoms with E-state index in [1.165, 1.54) is 0 Å². The third kappa shape index (κ3) is 3.38. The molecule has 0 saturated heterocycles. The maximum Gasteiger partial charge on any atom is 0.313 e. The Labute approximate surface area is 126 Å². The summed E-state index contributed by atoms with van der Waals surface area (Å²) in [6.07, 6.45) is 0. The standard InChI is InChI=1S/C13H17N5O2S/c1-7(2)18-12(10-5-8(3)14-15-9(10)4)16-17-13(18)21-6-11(19)20/h5,7H,6H2,1-4H3,(H,19,20). The van der Waals surface area contributed by atoms with Gasteiger partial charge in [0.2, 0.25) is 0 Å². The van der Waals surface area contributed by atoms with Gasteiger partial charge in [-0.15, -0.1) is 10.2 Å². The molecule has 0 spiro atoms. The molecule has 2 aromatic heterocycles. The fourth-order valence-electron chi connectivity index (χ4n) is 1.93. The lowest BCUT2D eigenvalue weighted by Gasteiger charge is -2.14. The number of carboxylic acids is 1. The molecule has 21 heavy (non-hydrogen) atoms. The van der Waals surface area contributed by atoms with Gasteiger partial charge >= 0.3 is 5.97 Å². The Balaban J connectivity index is 2.49. The first kappa shape index (κ1) is 15.4. The molecule has 0 atom stereocenters. The summed E-state index contributed by atoms with van der Waals surface area (Å²) in [6, 6.07) is 2.02. The molecule has 8 heteroatoms. The van der Waals surface area contributed by atoms with Crippen LogP contribution in [0, 0.1) is 13.8 Å². The summed E-state index contributed by atoms with van der Waals surface area (Å²) in [7, 11) is 0. The summed E-state index contributed by atoms with van der Waals surface area (Å²) in [5.41, 5.74) is 2.43. The lowest BCUT2D eigenvalue weighted by Crippen LogP contribution is -2.08. The Morgan fingerprint density at radius 3 is 2.62 bits per heavy atom. The van der Waals surface area contributed by atoms with Gasteiger partial charge in [-0.3, -0.25) is 9.36 Å². The highest BCUT2D eigenvalue weighted by molar-refractivity contribution is 7.99. The zero-order valence-electron chi connectivity index (χ0n) is 12.4. The lowest BCUT2D eigenvalue weighted by molar-refractivity contribution is -0.133. The van der Waals surface area contributed by atoms with Gasteiger partial charge in [-0.05, 0) is 33.8 Å². The molecule has 1 N–H and O–H groups in total. The molecule has 0 unspecified atom stereocenters. The van der Waals surface area contributed by atoms with Gasteiger partial charge in [0.05, 0.1) is 17.1 Å². The minimum absolute atomic E-state index is 0.0442. The highest BCUT2D eigenvalue weighted by Crippen LogP contribution is 2.28. The molecule has 2 rings (SSSR count). The van der Waals surface area contributed by atoms with Crippen LogP contribution < -0.4 is 0 Å². The summed E-state index contributed by atoms with van der Waals surface area (Å²) in [6.45, 7) is 7.75. The summed E-state index contributed by atoms with van der Waals surface area (Å²) < 4.78 is 1.93. The molecule has 0 radical (unpaired) electrons. The molecule has 0 bridgehead atoms. The van der Waals surface area contributed by atoms with Crippen molar-refractivity contribution in [2.24, 2.45) is 0 Å². The third-order valence-corrected chi connectivity index (χ3v) is 3.78. The first-order valence-electron chi connectivity index (χ1n) is 6.51. The topological polar surface area (TPSA) is 93.8 Å². The minimum atomic E-state index is -0.877. The van der Waals surface area contributed by atoms with Gasteiger partial charge < -0.3 is 5.11 Å². The summed E-state index contributed by atoms with van der Waals surface area (Å²) in [4.78, 5) is 10.7. The zero-order valence-corrected chi connectivity index (χ0v) is 13.2. The highest BCUT2D eigenvalue weighted by Gasteiger charge is 2.19. The molecule has 0 aliphatic rings. The molecule has 0 fully saturated rings. The predicted molar refractivity (Wildman–Crippen MR) is 79.3 cm³/mol. The van der Waals surface area contributed by atoms with Crippen LogP contribution >= 0.6 is 11.8 Å². The first-order chi connectivity index (χ1) is 9.90. The monoisotopic (exact) mass is 307 g/mol. The second-order valence-corrected chi connectivity index (χ2v) is 5.88. The number of hydrogen-bond acceptors (Lipinski definition) is 6. The number of rotatable bonds is 5. The lowest BCUT2D eigenvalue weighted by atomic mass is 10.2. The van der Waals surface area contributed by atoms with Crippen molar-refractivity contribution < 1.29 is 9.90 Å². The molecular weight excluding hydrogens is 290 g/mol. The molecular formula is C13H17N5O2S. The Bertz CT molecular complexity index is 669. The van der Waals surface area contributed by atoms with Gasteiger partial charge in [0.1, 0.15) is 0 Å². The van der Waals surface area contributed by atoms with Crippen molar-refractivity contribution in [2.75, 3.05) is 5.75 Å². The van der Waals surface area contributed by atoms with E-state index in [4.69, 9.17) is 5.11 Å². The van der Waals surface area contributed by atoms with Crippen molar-refractivity contribution in [2.45, 2.75) is 38.9 Å². The van der Waals surface area contributed by atoms with Crippen molar-refractivity contribution in [1.29, 1.82) is 0 Å². The van der Waals surface area contributed by atoms with Crippen molar-refractivity contribution in [3.63, 3.8) is 0 Å². The predicted octanol–water partition coefficient (Wildman–Crippen LogP) is 2.11. The Kier molecular flexibility index (Phi) is 4.56. The summed E-state index contributed by atoms with van der Waals surface area (Å²) >= 11 is 1.16. The molecule has 0 aromatic carbocycles. The van der Waals surface area contributed by atoms with Crippen molar-refractivity contribution in [3.8, 4) is 11.4 Å². The molecule has 0 saturated carbocycles. The smallest absolute Gasteiger partial charge is 0.313 e. The van der Waals surface area contributed by atoms with Crippen LogP contribution in [-0.4, -0.2) is 41.8 Å². The molecule has 7 nitrogen and oxygen atoms in total. The third-order valence-electron chi connectivity index (χ3n) is 2.85. The van der Waals surface area contributed by atoms with Crippen molar-refractivity contribution in [3.05, 3.63) is 17.5 Å². The Hall–Kier alpha value is -1.96. The van der Waals surface area contributed by atoms with Gasteiger partial charge in [-0.1, -0.05) is 11.8 Å². The van der Waals surface area contributed by atoms with Crippen LogP contribution in [-0.2, 0) is 4.79 Å². The van der Waals surface area contributed by atoms with Crippen LogP contribution in [0.4, 0.5) is 0 Å². The second kappa shape index (κ2) is 6.21. The minimum Gasteiger partial charge on any atom is -0.481 e. The van der Waals surface area contributed by atoms with E-state index in [2.05, 4.69) is 20.4 Å². The van der Waals surface area contributed by atoms with E-state index in [-0.39, 0.29) is 11.8 Å². The van der Waals surface area contributed by atoms with Gasteiger partial charge in [-0.2, -0.15) is 10.2 Å². The molecule has 0 amide bonds. The van der Waals surface area contributed by atoms with E-state index < -0.39 is 5.97 Å². The van der Waals surface area contributed by atoms with E-state index in [0.29, 0.717) is 11.0 Å². The van der Waals surface area contributed by atoms with E-state index in [0.717, 1.165) is 28.7 Å². The van der Waals surface area contributed by atoms with Crippen LogP contribution in [0.1, 0.15) is 31.3 Å². The van der Waals surface area contributed by atoms with E-state index in [9.17, 15) is 4.79 Å². The van der Waals surface area contributed by atoms with Gasteiger partial charge in [0.15, 0.2) is 11.0 Å². The summed E-state index contributed by atoms with van der Waals surface area (Å²) in [5, 5.41) is 25.9. The van der Waals surface area contributed by atoms with Crippen molar-refractivity contribution >= 4 is 17.7 Å². The highest BCUT2D eigenvalue weighted by atomic mass is 32.2. The number of aryl methyl sites for hydroxylation is 2. The van der Waals surface area contributed by atoms with E-state index >= 15 is 0 Å². The number of aromatic nitrogens is 5. The number of hydrogen-bond donors (Lipinski definition) is 1. The Morgan fingerprint density at radius 1 is 1.29 bits per heavy atom. The number of carbonyl (C=O) groups is 1. The molecule has 2 heterocycles. The largest absolute Gasteiger partial charge is 0.481 e. The molecule has 0 aliphatic heterocycles. The average molecular weight is 307 g/mol. The van der Waals surface area contributed by atoms with Crippen LogP contribution in [0.15, 0.2) is 11.2 Å². The van der Waals surface area contributed by atoms with Gasteiger partial charge in [0, 0.05) is 11.6 Å². The normalized spacial score (nSPS) is 11.1. The molecule has 112 valence electrons. The second-order valence-electron chi connectivity index (χ2n) is 4.94. The zero-order chi connectivity index (χ0) is 15.6. The van der Waals surface area contributed by atoms with Crippen LogP contribution in [0.2, 0.25) is 0 Å². The van der Waals surface area contributed by atoms with Gasteiger partial charge in [-0.25, -0.2) is 0 Å². The van der Waals surface area contributed by atoms with Crippen LogP contribution in [0.3, 0.4) is 0 Å². The van der Waals surface area contributed by atoms with E-state index in [1.807, 2.05) is 38.3 Å². The average Bonchev–Trinajstić information content (AvgIpc) is 2.83. The van der Waals surface area contributed by atoms with Crippen LogP contribution in [0.25, 0.3) is 11.4 Å². The fraction of sp³-hybridized carbons (Fsp3) is 0.462. The molecule has 2 aromatic rings. The Morgan fingerprint density at radius 2 is 2.00 bits per heavy atom. The number of carboxylic acid groups (broad SMARTS) is 1. The van der Waals surface area contributed by atoms with Crippen LogP contribution in [0.5, 0.6) is 0 Å². The SMILES string of the molecule is Cc1cc(-c2nnc(SCC(=O)O)n2C(C)C)c(C)nn1. The molecule has 0 aliphatic carbocycles. The van der Waals surface area contributed by atoms with Crippen molar-refractivity contribution in [1.82, 2.24) is 25.0 Å². The number of aliphatic carboxylic acids is 1. The fourth-order valence-corrected chi connectivity index (χ4v) is 2.71. The van der Waals surface area contributed by atoms with Gasteiger partial charge in [0.25, 0.3) is 0 Å². The maximum atomic E-state index is 10.7. The maximum absolute atomic E-state index is 10.7. The quantitative estimate of drug-likeness (QED) is 0.845. The number of thioether (sulfide) groups is 1.